The van der Waals surface area contributed by atoms with Gasteiger partial charge < -0.3 is 19.3 Å². The SMILES string of the molecule is COc1ccncc1-c1cc2c(cnn2-c2cc3c(c(C(C)C)n2)c(C)c(C(=O)N2CC[C@@H](O)C2)n3C)c(C)n1. The van der Waals surface area contributed by atoms with E-state index in [2.05, 4.69) is 18.8 Å². The summed E-state index contributed by atoms with van der Waals surface area (Å²) in [5.74, 6) is 1.40. The van der Waals surface area contributed by atoms with Crippen LogP contribution in [0, 0.1) is 13.8 Å². The summed E-state index contributed by atoms with van der Waals surface area (Å²) in [5, 5.41) is 16.7. The van der Waals surface area contributed by atoms with Gasteiger partial charge in [-0.05, 0) is 43.9 Å². The molecule has 0 unspecified atom stereocenters. The Bertz CT molecular complexity index is 1790. The Morgan fingerprint density at radius 2 is 1.95 bits per heavy atom. The molecule has 1 aliphatic rings. The Balaban J connectivity index is 1.55. The van der Waals surface area contributed by atoms with Crippen molar-refractivity contribution in [2.45, 2.75) is 46.1 Å². The number of methoxy groups -OCH3 is 1. The highest BCUT2D eigenvalue weighted by atomic mass is 16.5. The number of carbonyl (C=O) groups excluding carboxylic acids is 1. The van der Waals surface area contributed by atoms with Crippen LogP contribution in [0.1, 0.15) is 53.6 Å². The predicted molar refractivity (Wildman–Crippen MR) is 153 cm³/mol. The quantitative estimate of drug-likeness (QED) is 0.354. The molecule has 0 radical (unpaired) electrons. The Morgan fingerprint density at radius 3 is 2.65 bits per heavy atom. The standard InChI is InChI=1S/C30H33N7O3/c1-16(2)28-27-17(3)29(30(39)36-10-8-19(38)15-36)35(5)24(27)12-26(34-28)37-23-11-22(33-18(4)20(23)14-32-37)21-13-31-9-7-25(21)40-6/h7,9,11-14,16,19,38H,8,10,15H2,1-6H3/t19-/m1/s1. The van der Waals surface area contributed by atoms with Crippen LogP contribution in [0.25, 0.3) is 38.9 Å². The zero-order valence-electron chi connectivity index (χ0n) is 23.6. The first-order valence-electron chi connectivity index (χ1n) is 13.5. The van der Waals surface area contributed by atoms with Crippen LogP contribution in [0.3, 0.4) is 0 Å². The molecule has 1 amide bonds. The number of aliphatic hydroxyl groups is 1. The first kappa shape index (κ1) is 25.9. The summed E-state index contributed by atoms with van der Waals surface area (Å²) in [6.07, 6.45) is 5.38. The maximum Gasteiger partial charge on any atom is 0.270 e. The molecule has 1 aliphatic heterocycles. The Kier molecular flexibility index (Phi) is 6.29. The van der Waals surface area contributed by atoms with E-state index in [4.69, 9.17) is 19.8 Å². The third kappa shape index (κ3) is 4.02. The molecule has 1 atom stereocenters. The summed E-state index contributed by atoms with van der Waals surface area (Å²) in [5.41, 5.74) is 6.58. The molecule has 0 aliphatic carbocycles. The molecule has 0 bridgehead atoms. The minimum Gasteiger partial charge on any atom is -0.496 e. The highest BCUT2D eigenvalue weighted by molar-refractivity contribution is 6.03. The van der Waals surface area contributed by atoms with E-state index in [9.17, 15) is 9.90 Å². The second-order valence-corrected chi connectivity index (χ2v) is 10.8. The van der Waals surface area contributed by atoms with Gasteiger partial charge in [0.05, 0.1) is 47.4 Å². The summed E-state index contributed by atoms with van der Waals surface area (Å²) in [7, 11) is 3.55. The number of pyridine rings is 3. The lowest BCUT2D eigenvalue weighted by molar-refractivity contribution is 0.0755. The number of nitrogens with zero attached hydrogens (tertiary/aromatic N) is 7. The molecular weight excluding hydrogens is 506 g/mol. The van der Waals surface area contributed by atoms with Crippen LogP contribution in [0.15, 0.2) is 36.8 Å². The van der Waals surface area contributed by atoms with Crippen molar-refractivity contribution in [1.29, 1.82) is 0 Å². The number of hydrogen-bond donors (Lipinski definition) is 1. The van der Waals surface area contributed by atoms with Crippen molar-refractivity contribution in [1.82, 2.24) is 34.2 Å². The average Bonchev–Trinajstić information content (AvgIpc) is 3.64. The maximum atomic E-state index is 13.6. The van der Waals surface area contributed by atoms with Crippen LogP contribution in [0.5, 0.6) is 5.75 Å². The average molecular weight is 540 g/mol. The van der Waals surface area contributed by atoms with Crippen molar-refractivity contribution in [3.63, 3.8) is 0 Å². The third-order valence-electron chi connectivity index (χ3n) is 7.89. The Morgan fingerprint density at radius 1 is 1.15 bits per heavy atom. The van der Waals surface area contributed by atoms with Crippen molar-refractivity contribution in [3.05, 3.63) is 59.4 Å². The van der Waals surface area contributed by atoms with E-state index in [1.165, 1.54) is 0 Å². The van der Waals surface area contributed by atoms with Gasteiger partial charge in [-0.1, -0.05) is 13.8 Å². The fraction of sp³-hybridized carbons (Fsp3) is 0.367. The number of likely N-dealkylation sites (tertiary alicyclic amines) is 1. The number of hydrogen-bond acceptors (Lipinski definition) is 7. The zero-order valence-corrected chi connectivity index (χ0v) is 23.6. The van der Waals surface area contributed by atoms with Gasteiger partial charge >= 0.3 is 0 Å². The lowest BCUT2D eigenvalue weighted by Gasteiger charge is -2.16. The number of fused-ring (bicyclic) bond motifs is 2. The number of aryl methyl sites for hydroxylation is 3. The van der Waals surface area contributed by atoms with Crippen molar-refractivity contribution in [2.24, 2.45) is 7.05 Å². The molecule has 1 fully saturated rings. The van der Waals surface area contributed by atoms with Gasteiger partial charge in [-0.15, -0.1) is 0 Å². The molecule has 1 saturated heterocycles. The van der Waals surface area contributed by atoms with Gasteiger partial charge in [0.2, 0.25) is 0 Å². The Labute approximate surface area is 232 Å². The summed E-state index contributed by atoms with van der Waals surface area (Å²) >= 11 is 0. The lowest BCUT2D eigenvalue weighted by Crippen LogP contribution is -2.31. The van der Waals surface area contributed by atoms with Crippen LogP contribution >= 0.6 is 0 Å². The first-order valence-corrected chi connectivity index (χ1v) is 13.5. The van der Waals surface area contributed by atoms with Crippen molar-refractivity contribution in [2.75, 3.05) is 20.2 Å². The number of β-amino-alcohol motifs (C(OH)–C–C–N with tert-alkyl or cyclic N) is 1. The largest absolute Gasteiger partial charge is 0.496 e. The molecular formula is C30H33N7O3. The number of carbonyl (C=O) groups is 1. The minimum atomic E-state index is -0.471. The number of ether oxygens (including phenoxy) is 1. The molecule has 1 N–H and O–H groups in total. The van der Waals surface area contributed by atoms with E-state index in [1.807, 2.05) is 54.5 Å². The van der Waals surface area contributed by atoms with Gasteiger partial charge in [-0.25, -0.2) is 9.67 Å². The van der Waals surface area contributed by atoms with E-state index in [1.54, 1.807) is 24.4 Å². The normalized spacial score (nSPS) is 15.6. The van der Waals surface area contributed by atoms with Gasteiger partial charge in [0.1, 0.15) is 11.4 Å². The molecule has 10 heteroatoms. The van der Waals surface area contributed by atoms with Crippen LogP contribution in [0.4, 0.5) is 0 Å². The summed E-state index contributed by atoms with van der Waals surface area (Å²) in [4.78, 5) is 29.5. The fourth-order valence-corrected chi connectivity index (χ4v) is 5.83. The van der Waals surface area contributed by atoms with Gasteiger partial charge in [0.25, 0.3) is 5.91 Å². The van der Waals surface area contributed by atoms with Crippen LogP contribution in [0.2, 0.25) is 0 Å². The monoisotopic (exact) mass is 539 g/mol. The highest BCUT2D eigenvalue weighted by Crippen LogP contribution is 2.35. The summed E-state index contributed by atoms with van der Waals surface area (Å²) < 4.78 is 9.36. The van der Waals surface area contributed by atoms with Gasteiger partial charge in [0.15, 0.2) is 5.82 Å². The smallest absolute Gasteiger partial charge is 0.270 e. The van der Waals surface area contributed by atoms with Crippen molar-refractivity contribution in [3.8, 4) is 22.8 Å². The van der Waals surface area contributed by atoms with Crippen molar-refractivity contribution < 1.29 is 14.6 Å². The first-order chi connectivity index (χ1) is 19.2. The molecule has 0 spiro atoms. The second kappa shape index (κ2) is 9.71. The van der Waals surface area contributed by atoms with Gasteiger partial charge in [-0.3, -0.25) is 14.8 Å². The molecule has 6 rings (SSSR count). The van der Waals surface area contributed by atoms with E-state index in [0.717, 1.165) is 50.0 Å². The highest BCUT2D eigenvalue weighted by Gasteiger charge is 2.30. The van der Waals surface area contributed by atoms with Crippen molar-refractivity contribution >= 4 is 27.7 Å². The van der Waals surface area contributed by atoms with E-state index in [-0.39, 0.29) is 11.8 Å². The van der Waals surface area contributed by atoms with Gasteiger partial charge in [0, 0.05) is 55.1 Å². The number of aromatic nitrogens is 6. The number of aliphatic hydroxyl groups excluding tert-OH is 1. The maximum absolute atomic E-state index is 13.6. The summed E-state index contributed by atoms with van der Waals surface area (Å²) in [6.45, 7) is 9.08. The number of rotatable bonds is 5. The molecule has 6 heterocycles. The van der Waals surface area contributed by atoms with E-state index in [0.29, 0.717) is 36.8 Å². The third-order valence-corrected chi connectivity index (χ3v) is 7.89. The molecule has 40 heavy (non-hydrogen) atoms. The second-order valence-electron chi connectivity index (χ2n) is 10.8. The van der Waals surface area contributed by atoms with Crippen LogP contribution in [-0.2, 0) is 7.05 Å². The predicted octanol–water partition coefficient (Wildman–Crippen LogP) is 4.32. The Hall–Kier alpha value is -4.31. The zero-order chi connectivity index (χ0) is 28.3. The van der Waals surface area contributed by atoms with E-state index >= 15 is 0 Å². The lowest BCUT2D eigenvalue weighted by atomic mass is 10.0. The summed E-state index contributed by atoms with van der Waals surface area (Å²) in [6, 6.07) is 5.80. The topological polar surface area (TPSA) is 111 Å². The van der Waals surface area contributed by atoms with Crippen LogP contribution in [-0.4, -0.2) is 71.5 Å². The molecule has 0 saturated carbocycles. The van der Waals surface area contributed by atoms with Crippen LogP contribution < -0.4 is 4.74 Å². The molecule has 206 valence electrons. The molecule has 5 aromatic rings. The molecule has 5 aromatic heterocycles. The molecule has 10 nitrogen and oxygen atoms in total. The molecule has 0 aromatic carbocycles. The van der Waals surface area contributed by atoms with Gasteiger partial charge in [-0.2, -0.15) is 5.10 Å². The number of amides is 1. The fourth-order valence-electron chi connectivity index (χ4n) is 5.83. The van der Waals surface area contributed by atoms with E-state index < -0.39 is 6.10 Å². The minimum absolute atomic E-state index is 0.0645.